The van der Waals surface area contributed by atoms with Gasteiger partial charge in [-0.3, -0.25) is 14.6 Å². The minimum absolute atomic E-state index is 0.0233. The fraction of sp³-hybridized carbons (Fsp3) is 0.500. The zero-order chi connectivity index (χ0) is 23.3. The third-order valence-corrected chi connectivity index (χ3v) is 6.79. The molecule has 2 aromatic rings. The molecule has 2 aliphatic heterocycles. The number of carbonyl (C=O) groups excluding carboxylic acids is 2. The van der Waals surface area contributed by atoms with Crippen LogP contribution in [0.25, 0.3) is 0 Å². The highest BCUT2D eigenvalue weighted by Crippen LogP contribution is 2.32. The van der Waals surface area contributed by atoms with Crippen LogP contribution in [-0.2, 0) is 20.9 Å². The maximum atomic E-state index is 13.4. The Morgan fingerprint density at radius 1 is 1.06 bits per heavy atom. The molecule has 8 heteroatoms. The third kappa shape index (κ3) is 5.17. The van der Waals surface area contributed by atoms with Crippen molar-refractivity contribution < 1.29 is 23.8 Å². The van der Waals surface area contributed by atoms with Gasteiger partial charge in [-0.1, -0.05) is 37.5 Å². The highest BCUT2D eigenvalue weighted by Gasteiger charge is 2.38. The lowest BCUT2D eigenvalue weighted by Gasteiger charge is -2.34. The van der Waals surface area contributed by atoms with Crippen LogP contribution in [0.5, 0.6) is 11.5 Å². The van der Waals surface area contributed by atoms with Gasteiger partial charge in [0.2, 0.25) is 12.0 Å². The Labute approximate surface area is 199 Å². The molecule has 180 valence electrons. The molecule has 0 N–H and O–H groups in total. The summed E-state index contributed by atoms with van der Waals surface area (Å²) in [5.74, 6) is 0.897. The third-order valence-electron chi connectivity index (χ3n) is 6.79. The molecule has 3 heterocycles. The lowest BCUT2D eigenvalue weighted by Crippen LogP contribution is -2.50. The zero-order valence-electron chi connectivity index (χ0n) is 19.3. The normalized spacial score (nSPS) is 23.5. The molecule has 1 aromatic heterocycles. The SMILES string of the molecule is O=C(C1COc2ccccc2O1)N1CC(=O)N(C2CCCCC2)CC(OCc2cccnc2)C1. The predicted molar refractivity (Wildman–Crippen MR) is 124 cm³/mol. The Hall–Kier alpha value is -3.13. The molecule has 0 bridgehead atoms. The second-order valence-electron chi connectivity index (χ2n) is 9.22. The molecule has 2 fully saturated rings. The van der Waals surface area contributed by atoms with Gasteiger partial charge >= 0.3 is 0 Å². The molecule has 2 amide bonds. The quantitative estimate of drug-likeness (QED) is 0.676. The monoisotopic (exact) mass is 465 g/mol. The van der Waals surface area contributed by atoms with Gasteiger partial charge in [-0.25, -0.2) is 0 Å². The number of rotatable bonds is 5. The van der Waals surface area contributed by atoms with Crippen molar-refractivity contribution in [3.8, 4) is 11.5 Å². The van der Waals surface area contributed by atoms with Crippen LogP contribution in [-0.4, -0.2) is 71.1 Å². The van der Waals surface area contributed by atoms with E-state index >= 15 is 0 Å². The number of aromatic nitrogens is 1. The summed E-state index contributed by atoms with van der Waals surface area (Å²) in [6.45, 7) is 1.34. The number of nitrogens with zero attached hydrogens (tertiary/aromatic N) is 3. The summed E-state index contributed by atoms with van der Waals surface area (Å²) in [5.41, 5.74) is 0.959. The van der Waals surface area contributed by atoms with Gasteiger partial charge in [-0.2, -0.15) is 0 Å². The van der Waals surface area contributed by atoms with Crippen LogP contribution in [0.3, 0.4) is 0 Å². The van der Waals surface area contributed by atoms with Crippen LogP contribution in [0.15, 0.2) is 48.8 Å². The Balaban J connectivity index is 1.32. The minimum atomic E-state index is -0.789. The molecule has 2 atom stereocenters. The largest absolute Gasteiger partial charge is 0.485 e. The van der Waals surface area contributed by atoms with Gasteiger partial charge in [0.25, 0.3) is 5.91 Å². The van der Waals surface area contributed by atoms with Crippen molar-refractivity contribution in [1.29, 1.82) is 0 Å². The number of carbonyl (C=O) groups is 2. The summed E-state index contributed by atoms with van der Waals surface area (Å²) in [6.07, 6.45) is 7.90. The van der Waals surface area contributed by atoms with E-state index in [4.69, 9.17) is 14.2 Å². The first-order valence-electron chi connectivity index (χ1n) is 12.1. The van der Waals surface area contributed by atoms with Crippen LogP contribution in [0.1, 0.15) is 37.7 Å². The smallest absolute Gasteiger partial charge is 0.267 e. The zero-order valence-corrected chi connectivity index (χ0v) is 19.3. The van der Waals surface area contributed by atoms with Crippen LogP contribution >= 0.6 is 0 Å². The van der Waals surface area contributed by atoms with E-state index < -0.39 is 6.10 Å². The summed E-state index contributed by atoms with van der Waals surface area (Å²) in [4.78, 5) is 34.5. The summed E-state index contributed by atoms with van der Waals surface area (Å²) in [5, 5.41) is 0. The molecule has 0 radical (unpaired) electrons. The standard InChI is InChI=1S/C26H31N3O5/c30-25-16-28(26(31)24-18-33-22-10-4-5-11-23(22)34-24)14-21(32-17-19-7-6-12-27-13-19)15-29(25)20-8-2-1-3-9-20/h4-7,10-13,20-21,24H,1-3,8-9,14-18H2. The number of benzene rings is 1. The van der Waals surface area contributed by atoms with Crippen LogP contribution in [0.2, 0.25) is 0 Å². The van der Waals surface area contributed by atoms with E-state index in [0.717, 1.165) is 31.2 Å². The number of hydrogen-bond donors (Lipinski definition) is 0. The predicted octanol–water partition coefficient (Wildman–Crippen LogP) is 2.81. The van der Waals surface area contributed by atoms with Crippen LogP contribution < -0.4 is 9.47 Å². The molecule has 1 saturated heterocycles. The summed E-state index contributed by atoms with van der Waals surface area (Å²) < 4.78 is 17.9. The van der Waals surface area contributed by atoms with E-state index in [2.05, 4.69) is 4.98 Å². The van der Waals surface area contributed by atoms with E-state index in [1.54, 1.807) is 23.4 Å². The maximum Gasteiger partial charge on any atom is 0.267 e. The summed E-state index contributed by atoms with van der Waals surface area (Å²) >= 11 is 0. The van der Waals surface area contributed by atoms with Crippen molar-refractivity contribution >= 4 is 11.8 Å². The van der Waals surface area contributed by atoms with Gasteiger partial charge in [0.1, 0.15) is 6.61 Å². The first kappa shape index (κ1) is 22.7. The molecular formula is C26H31N3O5. The summed E-state index contributed by atoms with van der Waals surface area (Å²) in [7, 11) is 0. The number of amides is 2. The first-order valence-corrected chi connectivity index (χ1v) is 12.1. The van der Waals surface area contributed by atoms with E-state index in [-0.39, 0.29) is 37.1 Å². The molecule has 0 spiro atoms. The Kier molecular flexibility index (Phi) is 6.94. The average molecular weight is 466 g/mol. The molecule has 1 aromatic carbocycles. The fourth-order valence-corrected chi connectivity index (χ4v) is 5.00. The number of ether oxygens (including phenoxy) is 3. The number of pyridine rings is 1. The van der Waals surface area contributed by atoms with E-state index in [9.17, 15) is 9.59 Å². The Morgan fingerprint density at radius 2 is 1.88 bits per heavy atom. The number of para-hydroxylation sites is 2. The topological polar surface area (TPSA) is 81.2 Å². The van der Waals surface area contributed by atoms with Crippen molar-refractivity contribution in [1.82, 2.24) is 14.8 Å². The van der Waals surface area contributed by atoms with Crippen LogP contribution in [0, 0.1) is 0 Å². The van der Waals surface area contributed by atoms with Gasteiger partial charge in [-0.15, -0.1) is 0 Å². The van der Waals surface area contributed by atoms with Gasteiger partial charge < -0.3 is 24.0 Å². The molecule has 2 unspecified atom stereocenters. The molecule has 1 aliphatic carbocycles. The van der Waals surface area contributed by atoms with Gasteiger partial charge in [0.05, 0.1) is 19.3 Å². The van der Waals surface area contributed by atoms with Crippen molar-refractivity contribution in [3.63, 3.8) is 0 Å². The summed E-state index contributed by atoms with van der Waals surface area (Å²) in [6, 6.07) is 11.3. The van der Waals surface area contributed by atoms with Crippen molar-refractivity contribution in [2.24, 2.45) is 0 Å². The van der Waals surface area contributed by atoms with Crippen molar-refractivity contribution in [3.05, 3.63) is 54.4 Å². The molecular weight excluding hydrogens is 434 g/mol. The number of fused-ring (bicyclic) bond motifs is 1. The minimum Gasteiger partial charge on any atom is -0.485 e. The Morgan fingerprint density at radius 3 is 2.68 bits per heavy atom. The lowest BCUT2D eigenvalue weighted by molar-refractivity contribution is -0.146. The van der Waals surface area contributed by atoms with Crippen LogP contribution in [0.4, 0.5) is 0 Å². The first-order chi connectivity index (χ1) is 16.7. The number of hydrogen-bond acceptors (Lipinski definition) is 6. The lowest BCUT2D eigenvalue weighted by atomic mass is 9.94. The van der Waals surface area contributed by atoms with Crippen molar-refractivity contribution in [2.75, 3.05) is 26.2 Å². The maximum absolute atomic E-state index is 13.4. The second kappa shape index (κ2) is 10.4. The average Bonchev–Trinajstić information content (AvgIpc) is 3.06. The van der Waals surface area contributed by atoms with Crippen molar-refractivity contribution in [2.45, 2.75) is 57.0 Å². The molecule has 3 aliphatic rings. The van der Waals surface area contributed by atoms with E-state index in [1.807, 2.05) is 35.2 Å². The Bertz CT molecular complexity index is 995. The fourth-order valence-electron chi connectivity index (χ4n) is 5.00. The molecule has 34 heavy (non-hydrogen) atoms. The van der Waals surface area contributed by atoms with Gasteiger partial charge in [0, 0.05) is 31.5 Å². The van der Waals surface area contributed by atoms with Gasteiger partial charge in [-0.05, 0) is 36.6 Å². The van der Waals surface area contributed by atoms with E-state index in [0.29, 0.717) is 31.2 Å². The highest BCUT2D eigenvalue weighted by molar-refractivity contribution is 5.88. The second-order valence-corrected chi connectivity index (χ2v) is 9.22. The molecule has 1 saturated carbocycles. The van der Waals surface area contributed by atoms with E-state index in [1.165, 1.54) is 6.42 Å². The van der Waals surface area contributed by atoms with Gasteiger partial charge in [0.15, 0.2) is 11.5 Å². The molecule has 5 rings (SSSR count). The molecule has 8 nitrogen and oxygen atoms in total. The highest BCUT2D eigenvalue weighted by atomic mass is 16.6.